The molecule has 0 spiro atoms. The summed E-state index contributed by atoms with van der Waals surface area (Å²) in [4.78, 5) is 12.4. The third-order valence-electron chi connectivity index (χ3n) is 8.28. The lowest BCUT2D eigenvalue weighted by Crippen LogP contribution is -2.48. The quantitative estimate of drug-likeness (QED) is 0.729. The smallest absolute Gasteiger partial charge is 0.277 e. The highest BCUT2D eigenvalue weighted by molar-refractivity contribution is 7.99. The molecule has 3 atom stereocenters. The van der Waals surface area contributed by atoms with E-state index in [-0.39, 0.29) is 11.3 Å². The predicted octanol–water partition coefficient (Wildman–Crippen LogP) is 4.57. The average Bonchev–Trinajstić information content (AvgIpc) is 3.13. The maximum atomic E-state index is 12.4. The van der Waals surface area contributed by atoms with Gasteiger partial charge in [0.1, 0.15) is 0 Å². The highest BCUT2D eigenvalue weighted by Gasteiger charge is 2.54. The Labute approximate surface area is 172 Å². The van der Waals surface area contributed by atoms with Gasteiger partial charge in [-0.15, -0.1) is 10.2 Å². The number of thioether (sulfide) groups is 1. The first kappa shape index (κ1) is 19.0. The number of carbonyl (C=O) groups excluding carboxylic acids is 1. The lowest BCUT2D eigenvalue weighted by Gasteiger charge is -2.55. The van der Waals surface area contributed by atoms with Gasteiger partial charge in [-0.05, 0) is 74.5 Å². The molecule has 28 heavy (non-hydrogen) atoms. The molecule has 0 aromatic carbocycles. The van der Waals surface area contributed by atoms with Crippen molar-refractivity contribution in [3.8, 4) is 0 Å². The van der Waals surface area contributed by atoms with E-state index >= 15 is 0 Å². The van der Waals surface area contributed by atoms with Crippen molar-refractivity contribution in [2.24, 2.45) is 29.6 Å². The summed E-state index contributed by atoms with van der Waals surface area (Å²) in [7, 11) is 0. The predicted molar refractivity (Wildman–Crippen MR) is 109 cm³/mol. The van der Waals surface area contributed by atoms with Crippen LogP contribution in [0.15, 0.2) is 9.64 Å². The van der Waals surface area contributed by atoms with E-state index in [2.05, 4.69) is 29.4 Å². The molecule has 0 aliphatic heterocycles. The minimum atomic E-state index is 0.0884. The van der Waals surface area contributed by atoms with Crippen molar-refractivity contribution in [1.82, 2.24) is 15.5 Å². The highest BCUT2D eigenvalue weighted by atomic mass is 32.2. The third-order valence-corrected chi connectivity index (χ3v) is 9.10. The monoisotopic (exact) mass is 403 g/mol. The fraction of sp³-hybridized carbons (Fsp3) is 0.864. The molecule has 0 radical (unpaired) electrons. The highest BCUT2D eigenvalue weighted by Crippen LogP contribution is 2.60. The summed E-state index contributed by atoms with van der Waals surface area (Å²) < 4.78 is 6.11. The summed E-state index contributed by atoms with van der Waals surface area (Å²) >= 11 is 1.39. The van der Waals surface area contributed by atoms with Crippen molar-refractivity contribution in [3.63, 3.8) is 0 Å². The van der Waals surface area contributed by atoms with Gasteiger partial charge < -0.3 is 9.73 Å². The van der Waals surface area contributed by atoms with Gasteiger partial charge in [0.15, 0.2) is 0 Å². The second kappa shape index (κ2) is 7.33. The molecule has 6 heteroatoms. The average molecular weight is 404 g/mol. The molecule has 5 nitrogen and oxygen atoms in total. The van der Waals surface area contributed by atoms with Crippen molar-refractivity contribution in [1.29, 1.82) is 0 Å². The van der Waals surface area contributed by atoms with Crippen LogP contribution in [0.1, 0.15) is 77.5 Å². The van der Waals surface area contributed by atoms with Gasteiger partial charge in [-0.25, -0.2) is 0 Å². The van der Waals surface area contributed by atoms with E-state index in [1.165, 1.54) is 63.1 Å². The van der Waals surface area contributed by atoms with Gasteiger partial charge in [-0.1, -0.05) is 38.5 Å². The Morgan fingerprint density at radius 1 is 1.11 bits per heavy atom. The summed E-state index contributed by atoms with van der Waals surface area (Å²) in [6.45, 7) is 4.56. The van der Waals surface area contributed by atoms with Gasteiger partial charge in [0.05, 0.1) is 5.75 Å². The van der Waals surface area contributed by atoms with Crippen LogP contribution in [0.2, 0.25) is 0 Å². The number of nitrogens with one attached hydrogen (secondary N) is 1. The SMILES string of the molecule is C[C@@H]1[C@H](C)CCC[C@H]1NC(=O)CSc1nnc(C23CC4CC(CC(C4)C2)C3)o1. The Morgan fingerprint density at radius 2 is 1.79 bits per heavy atom. The van der Waals surface area contributed by atoms with Crippen molar-refractivity contribution in [3.05, 3.63) is 5.89 Å². The first-order chi connectivity index (χ1) is 13.5. The first-order valence-corrected chi connectivity index (χ1v) is 12.3. The van der Waals surface area contributed by atoms with Crippen LogP contribution in [0, 0.1) is 29.6 Å². The molecule has 0 unspecified atom stereocenters. The molecule has 5 saturated carbocycles. The van der Waals surface area contributed by atoms with E-state index in [0.29, 0.717) is 28.9 Å². The van der Waals surface area contributed by atoms with E-state index in [9.17, 15) is 4.79 Å². The van der Waals surface area contributed by atoms with Crippen LogP contribution < -0.4 is 5.32 Å². The summed E-state index contributed by atoms with van der Waals surface area (Å²) in [6.07, 6.45) is 11.5. The second-order valence-electron chi connectivity index (χ2n) is 10.3. The van der Waals surface area contributed by atoms with E-state index in [0.717, 1.165) is 30.1 Å². The topological polar surface area (TPSA) is 68.0 Å². The summed E-state index contributed by atoms with van der Waals surface area (Å²) in [5, 5.41) is 12.5. The minimum absolute atomic E-state index is 0.0884. The molecule has 1 N–H and O–H groups in total. The summed E-state index contributed by atoms with van der Waals surface area (Å²) in [6, 6.07) is 0.308. The number of carbonyl (C=O) groups is 1. The van der Waals surface area contributed by atoms with Gasteiger partial charge in [0.25, 0.3) is 5.22 Å². The number of rotatable bonds is 5. The number of amides is 1. The van der Waals surface area contributed by atoms with Gasteiger partial charge in [0, 0.05) is 11.5 Å². The maximum absolute atomic E-state index is 12.4. The minimum Gasteiger partial charge on any atom is -0.415 e. The molecule has 5 fully saturated rings. The Hall–Kier alpha value is -1.04. The molecule has 1 heterocycles. The largest absolute Gasteiger partial charge is 0.415 e. The molecule has 5 aliphatic rings. The zero-order valence-corrected chi connectivity index (χ0v) is 18.0. The van der Waals surface area contributed by atoms with E-state index in [4.69, 9.17) is 4.42 Å². The van der Waals surface area contributed by atoms with Crippen molar-refractivity contribution < 1.29 is 9.21 Å². The fourth-order valence-corrected chi connectivity index (χ4v) is 7.59. The number of hydrogen-bond acceptors (Lipinski definition) is 5. The van der Waals surface area contributed by atoms with Crippen LogP contribution >= 0.6 is 11.8 Å². The zero-order chi connectivity index (χ0) is 19.3. The van der Waals surface area contributed by atoms with Crippen LogP contribution in [0.5, 0.6) is 0 Å². The summed E-state index contributed by atoms with van der Waals surface area (Å²) in [5.74, 6) is 5.12. The van der Waals surface area contributed by atoms with Crippen LogP contribution in [-0.2, 0) is 10.2 Å². The molecule has 4 bridgehead atoms. The fourth-order valence-electron chi connectivity index (χ4n) is 7.02. The lowest BCUT2D eigenvalue weighted by atomic mass is 9.49. The van der Waals surface area contributed by atoms with Gasteiger partial charge >= 0.3 is 0 Å². The zero-order valence-electron chi connectivity index (χ0n) is 17.2. The molecule has 6 rings (SSSR count). The van der Waals surface area contributed by atoms with E-state index in [1.54, 1.807) is 0 Å². The molecule has 1 aromatic heterocycles. The molecule has 154 valence electrons. The van der Waals surface area contributed by atoms with Crippen molar-refractivity contribution >= 4 is 17.7 Å². The van der Waals surface area contributed by atoms with Crippen LogP contribution in [0.3, 0.4) is 0 Å². The molecular weight excluding hydrogens is 370 g/mol. The van der Waals surface area contributed by atoms with Crippen LogP contribution in [0.25, 0.3) is 0 Å². The van der Waals surface area contributed by atoms with Crippen molar-refractivity contribution in [2.75, 3.05) is 5.75 Å². The third kappa shape index (κ3) is 3.50. The Bertz CT molecular complexity index is 698. The number of aromatic nitrogens is 2. The number of nitrogens with zero attached hydrogens (tertiary/aromatic N) is 2. The van der Waals surface area contributed by atoms with Gasteiger partial charge in [-0.3, -0.25) is 4.79 Å². The Balaban J connectivity index is 1.18. The second-order valence-corrected chi connectivity index (χ2v) is 11.2. The molecule has 1 aromatic rings. The van der Waals surface area contributed by atoms with E-state index in [1.807, 2.05) is 0 Å². The van der Waals surface area contributed by atoms with Crippen LogP contribution in [0.4, 0.5) is 0 Å². The first-order valence-electron chi connectivity index (χ1n) is 11.3. The Kier molecular flexibility index (Phi) is 4.96. The molecular formula is C22H33N3O2S. The molecule has 5 aliphatic carbocycles. The maximum Gasteiger partial charge on any atom is 0.277 e. The summed E-state index contributed by atoms with van der Waals surface area (Å²) in [5.41, 5.74) is 0.135. The van der Waals surface area contributed by atoms with Crippen molar-refractivity contribution in [2.45, 2.75) is 88.3 Å². The number of hydrogen-bond donors (Lipinski definition) is 1. The normalized spacial score (nSPS) is 41.9. The van der Waals surface area contributed by atoms with E-state index < -0.39 is 0 Å². The van der Waals surface area contributed by atoms with Gasteiger partial charge in [-0.2, -0.15) is 0 Å². The molecule has 0 saturated heterocycles. The van der Waals surface area contributed by atoms with Gasteiger partial charge in [0.2, 0.25) is 11.8 Å². The Morgan fingerprint density at radius 3 is 2.46 bits per heavy atom. The molecule has 1 amide bonds. The standard InChI is InChI=1S/C22H33N3O2S/c1-13-4-3-5-18(14(13)2)23-19(26)12-28-21-25-24-20(27-21)22-9-15-6-16(10-22)8-17(7-15)11-22/h13-18H,3-12H2,1-2H3,(H,23,26)/t13-,14-,15?,16?,17?,18-,22?/m1/s1. The lowest BCUT2D eigenvalue weighted by molar-refractivity contribution is -0.120. The van der Waals surface area contributed by atoms with Crippen LogP contribution in [-0.4, -0.2) is 27.9 Å².